The van der Waals surface area contributed by atoms with Crippen LogP contribution in [0.4, 0.5) is 13.2 Å². The van der Waals surface area contributed by atoms with Crippen molar-refractivity contribution in [3.63, 3.8) is 0 Å². The van der Waals surface area contributed by atoms with E-state index < -0.39 is 17.7 Å². The van der Waals surface area contributed by atoms with Gasteiger partial charge in [-0.2, -0.15) is 13.2 Å². The van der Waals surface area contributed by atoms with Crippen molar-refractivity contribution < 1.29 is 42.0 Å². The average molecular weight is 641 g/mol. The summed E-state index contributed by atoms with van der Waals surface area (Å²) in [6, 6.07) is 12.1. The van der Waals surface area contributed by atoms with Gasteiger partial charge in [-0.1, -0.05) is 12.1 Å². The zero-order valence-electron chi connectivity index (χ0n) is 25.5. The largest absolute Gasteiger partial charge is 0.496 e. The molecule has 0 amide bonds. The van der Waals surface area contributed by atoms with Gasteiger partial charge in [0.1, 0.15) is 29.4 Å². The summed E-state index contributed by atoms with van der Waals surface area (Å²) in [5, 5.41) is 9.66. The minimum absolute atomic E-state index is 0.0157. The number of imidazole rings is 1. The summed E-state index contributed by atoms with van der Waals surface area (Å²) < 4.78 is 63.6. The fourth-order valence-corrected chi connectivity index (χ4v) is 5.99. The third kappa shape index (κ3) is 6.75. The first kappa shape index (κ1) is 31.6. The quantitative estimate of drug-likeness (QED) is 0.214. The smallest absolute Gasteiger partial charge is 0.416 e. The molecule has 2 aromatic carbocycles. The summed E-state index contributed by atoms with van der Waals surface area (Å²) in [6.07, 6.45) is -1.74. The van der Waals surface area contributed by atoms with Crippen molar-refractivity contribution in [1.82, 2.24) is 19.4 Å². The van der Waals surface area contributed by atoms with Crippen LogP contribution in [0, 0.1) is 0 Å². The molecule has 1 atom stereocenters. The number of halogens is 3. The Kier molecular flexibility index (Phi) is 9.05. The van der Waals surface area contributed by atoms with Crippen molar-refractivity contribution in [3.8, 4) is 17.4 Å². The molecular weight excluding hydrogens is 605 g/mol. The lowest BCUT2D eigenvalue weighted by Crippen LogP contribution is -2.35. The molecule has 2 aliphatic heterocycles. The highest BCUT2D eigenvalue weighted by Crippen LogP contribution is 2.35. The van der Waals surface area contributed by atoms with Crippen molar-refractivity contribution in [2.45, 2.75) is 57.2 Å². The van der Waals surface area contributed by atoms with E-state index in [1.165, 1.54) is 26.4 Å². The first-order valence-electron chi connectivity index (χ1n) is 15.1. The van der Waals surface area contributed by atoms with Crippen LogP contribution in [0.25, 0.3) is 11.0 Å². The minimum atomic E-state index is -4.46. The highest BCUT2D eigenvalue weighted by molar-refractivity contribution is 5.95. The number of nitrogens with zero attached hydrogens (tertiary/aromatic N) is 4. The standard InChI is InChI=1S/C33H35F3N4O6/c1-43-27-16-23(33(34,35)36)7-6-21(27)19-46-30-5-3-4-25(37-30)20-8-11-39(12-9-20)18-29-38-31-26(40(29)17-24-10-13-45-24)14-22(32(41)42)15-28(31)44-2/h3-7,14-16,20,24H,8-13,17-19H2,1-2H3,(H,41,42). The van der Waals surface area contributed by atoms with Crippen LogP contribution in [-0.2, 0) is 30.6 Å². The van der Waals surface area contributed by atoms with Crippen molar-refractivity contribution >= 4 is 17.0 Å². The topological polar surface area (TPSA) is 108 Å². The summed E-state index contributed by atoms with van der Waals surface area (Å²) in [6.45, 7) is 3.52. The van der Waals surface area contributed by atoms with Gasteiger partial charge in [-0.05, 0) is 62.7 Å². The van der Waals surface area contributed by atoms with Gasteiger partial charge in [-0.3, -0.25) is 4.90 Å². The number of pyridine rings is 1. The molecule has 6 rings (SSSR count). The number of rotatable bonds is 11. The maximum absolute atomic E-state index is 13.1. The number of likely N-dealkylation sites (tertiary alicyclic amines) is 1. The average Bonchev–Trinajstić information content (AvgIpc) is 3.37. The van der Waals surface area contributed by atoms with Gasteiger partial charge in [-0.15, -0.1) is 0 Å². The number of carbonyl (C=O) groups is 1. The van der Waals surface area contributed by atoms with Crippen molar-refractivity contribution in [1.29, 1.82) is 0 Å². The van der Waals surface area contributed by atoms with Crippen LogP contribution in [0.1, 0.15) is 58.2 Å². The lowest BCUT2D eigenvalue weighted by molar-refractivity contribution is -0.137. The van der Waals surface area contributed by atoms with E-state index in [1.54, 1.807) is 12.1 Å². The molecule has 0 saturated carbocycles. The number of alkyl halides is 3. The van der Waals surface area contributed by atoms with Crippen LogP contribution < -0.4 is 14.2 Å². The Morgan fingerprint density at radius 2 is 1.78 bits per heavy atom. The summed E-state index contributed by atoms with van der Waals surface area (Å²) in [4.78, 5) is 23.8. The van der Waals surface area contributed by atoms with E-state index in [-0.39, 0.29) is 29.9 Å². The van der Waals surface area contributed by atoms with Crippen LogP contribution in [0.15, 0.2) is 48.5 Å². The molecule has 2 saturated heterocycles. The van der Waals surface area contributed by atoms with Gasteiger partial charge in [0.2, 0.25) is 5.88 Å². The van der Waals surface area contributed by atoms with Crippen molar-refractivity contribution in [2.75, 3.05) is 33.9 Å². The van der Waals surface area contributed by atoms with Gasteiger partial charge >= 0.3 is 12.1 Å². The highest BCUT2D eigenvalue weighted by atomic mass is 19.4. The van der Waals surface area contributed by atoms with Gasteiger partial charge in [0, 0.05) is 29.8 Å². The molecule has 0 radical (unpaired) electrons. The number of aromatic nitrogens is 3. The number of fused-ring (bicyclic) bond motifs is 1. The highest BCUT2D eigenvalue weighted by Gasteiger charge is 2.31. The van der Waals surface area contributed by atoms with Crippen LogP contribution in [0.3, 0.4) is 0 Å². The Morgan fingerprint density at radius 1 is 1.02 bits per heavy atom. The number of methoxy groups -OCH3 is 2. The van der Waals surface area contributed by atoms with Crippen molar-refractivity contribution in [3.05, 3.63) is 76.7 Å². The number of benzene rings is 2. The summed E-state index contributed by atoms with van der Waals surface area (Å²) in [5.74, 6) is 0.932. The van der Waals surface area contributed by atoms with Crippen molar-refractivity contribution in [2.24, 2.45) is 0 Å². The number of hydrogen-bond acceptors (Lipinski definition) is 8. The molecule has 46 heavy (non-hydrogen) atoms. The second kappa shape index (κ2) is 13.2. The molecule has 4 heterocycles. The summed E-state index contributed by atoms with van der Waals surface area (Å²) in [5.41, 5.74) is 2.10. The van der Waals surface area contributed by atoms with Crippen LogP contribution in [-0.4, -0.2) is 70.5 Å². The van der Waals surface area contributed by atoms with Gasteiger partial charge in [-0.25, -0.2) is 14.8 Å². The monoisotopic (exact) mass is 640 g/mol. The van der Waals surface area contributed by atoms with E-state index in [2.05, 4.69) is 9.47 Å². The number of aromatic carboxylic acids is 1. The Bertz CT molecular complexity index is 1710. The Morgan fingerprint density at radius 3 is 2.43 bits per heavy atom. The molecular formula is C33H35F3N4O6. The lowest BCUT2D eigenvalue weighted by atomic mass is 9.93. The molecule has 0 bridgehead atoms. The predicted octanol–water partition coefficient (Wildman–Crippen LogP) is 5.91. The minimum Gasteiger partial charge on any atom is -0.496 e. The molecule has 2 aliphatic rings. The molecule has 13 heteroatoms. The second-order valence-electron chi connectivity index (χ2n) is 11.5. The maximum Gasteiger partial charge on any atom is 0.416 e. The number of ether oxygens (including phenoxy) is 4. The Hall–Kier alpha value is -4.36. The first-order valence-corrected chi connectivity index (χ1v) is 15.1. The van der Waals surface area contributed by atoms with E-state index in [1.807, 2.05) is 12.1 Å². The number of carboxylic acid groups (broad SMARTS) is 1. The van der Waals surface area contributed by atoms with Gasteiger partial charge in [0.15, 0.2) is 0 Å². The molecule has 1 unspecified atom stereocenters. The second-order valence-corrected chi connectivity index (χ2v) is 11.5. The summed E-state index contributed by atoms with van der Waals surface area (Å²) in [7, 11) is 2.84. The van der Waals surface area contributed by atoms with Crippen LogP contribution in [0.5, 0.6) is 17.4 Å². The van der Waals surface area contributed by atoms with Crippen LogP contribution >= 0.6 is 0 Å². The number of carboxylic acids is 1. The van der Waals surface area contributed by atoms with Crippen LogP contribution in [0.2, 0.25) is 0 Å². The van der Waals surface area contributed by atoms with E-state index in [9.17, 15) is 23.1 Å². The molecule has 0 spiro atoms. The lowest BCUT2D eigenvalue weighted by Gasteiger charge is -2.32. The third-order valence-corrected chi connectivity index (χ3v) is 8.65. The van der Waals surface area contributed by atoms with Gasteiger partial charge in [0.05, 0.1) is 50.1 Å². The number of hydrogen-bond donors (Lipinski definition) is 1. The first-order chi connectivity index (χ1) is 22.1. The van der Waals surface area contributed by atoms with Gasteiger partial charge in [0.25, 0.3) is 0 Å². The van der Waals surface area contributed by atoms with E-state index in [0.717, 1.165) is 56.0 Å². The normalized spacial score (nSPS) is 17.5. The van der Waals surface area contributed by atoms with Gasteiger partial charge < -0.3 is 28.6 Å². The van der Waals surface area contributed by atoms with E-state index in [4.69, 9.17) is 28.9 Å². The fraction of sp³-hybridized carbons (Fsp3) is 0.424. The molecule has 10 nitrogen and oxygen atoms in total. The predicted molar refractivity (Wildman–Crippen MR) is 161 cm³/mol. The molecule has 4 aromatic rings. The fourth-order valence-electron chi connectivity index (χ4n) is 5.99. The molecule has 0 aliphatic carbocycles. The molecule has 2 fully saturated rings. The Labute approximate surface area is 263 Å². The maximum atomic E-state index is 13.1. The van der Waals surface area contributed by atoms with E-state index >= 15 is 0 Å². The molecule has 2 aromatic heterocycles. The number of piperidine rings is 1. The molecule has 244 valence electrons. The zero-order chi connectivity index (χ0) is 32.4. The van der Waals surface area contributed by atoms with E-state index in [0.29, 0.717) is 47.9 Å². The summed E-state index contributed by atoms with van der Waals surface area (Å²) >= 11 is 0. The third-order valence-electron chi connectivity index (χ3n) is 8.65. The molecule has 1 N–H and O–H groups in total. The zero-order valence-corrected chi connectivity index (χ0v) is 25.5. The SMILES string of the molecule is COc1cc(C(F)(F)F)ccc1COc1cccc(C2CCN(Cc3nc4c(OC)cc(C(=O)O)cc4n3CC3CCO3)CC2)n1. The Balaban J connectivity index is 1.12.